The average Bonchev–Trinajstić information content (AvgIpc) is 2.49. The summed E-state index contributed by atoms with van der Waals surface area (Å²) in [6, 6.07) is 11.9. The zero-order valence-corrected chi connectivity index (χ0v) is 11.6. The highest BCUT2D eigenvalue weighted by Crippen LogP contribution is 2.20. The first-order chi connectivity index (χ1) is 10.1. The summed E-state index contributed by atoms with van der Waals surface area (Å²) in [5, 5.41) is 20.0. The molecule has 110 valence electrons. The highest BCUT2D eigenvalue weighted by molar-refractivity contribution is 5.78. The minimum absolute atomic E-state index is 0.366. The number of benzene rings is 1. The van der Waals surface area contributed by atoms with Crippen LogP contribution in [0.5, 0.6) is 0 Å². The van der Waals surface area contributed by atoms with Gasteiger partial charge in [0.25, 0.3) is 0 Å². The summed E-state index contributed by atoms with van der Waals surface area (Å²) < 4.78 is 0. The van der Waals surface area contributed by atoms with Crippen LogP contribution < -0.4 is 0 Å². The first kappa shape index (κ1) is 14.0. The van der Waals surface area contributed by atoms with E-state index in [1.165, 1.54) is 0 Å². The first-order valence-electron chi connectivity index (χ1n) is 7.11. The second kappa shape index (κ2) is 5.79. The molecule has 0 unspecified atom stereocenters. The van der Waals surface area contributed by atoms with E-state index in [-0.39, 0.29) is 0 Å². The molecule has 1 fully saturated rings. The topological polar surface area (TPSA) is 73.7 Å². The van der Waals surface area contributed by atoms with E-state index < -0.39 is 18.0 Å². The molecule has 0 bridgehead atoms. The maximum Gasteiger partial charge on any atom is 0.310 e. The van der Waals surface area contributed by atoms with Crippen molar-refractivity contribution >= 4 is 16.9 Å². The van der Waals surface area contributed by atoms with Crippen molar-refractivity contribution in [3.8, 4) is 0 Å². The van der Waals surface area contributed by atoms with Gasteiger partial charge < -0.3 is 10.2 Å². The fourth-order valence-electron chi connectivity index (χ4n) is 2.82. The van der Waals surface area contributed by atoms with Crippen molar-refractivity contribution in [1.82, 2.24) is 9.88 Å². The molecule has 1 saturated heterocycles. The third kappa shape index (κ3) is 3.04. The van der Waals surface area contributed by atoms with Crippen molar-refractivity contribution < 1.29 is 15.0 Å². The highest BCUT2D eigenvalue weighted by Gasteiger charge is 2.33. The molecule has 5 nitrogen and oxygen atoms in total. The average molecular weight is 286 g/mol. The van der Waals surface area contributed by atoms with Gasteiger partial charge in [-0.2, -0.15) is 0 Å². The van der Waals surface area contributed by atoms with Gasteiger partial charge in [-0.15, -0.1) is 0 Å². The SMILES string of the molecule is O=C(O)[C@@H]1CN(Cc2ccc3ccccc3n2)CC[C@@H]1O. The van der Waals surface area contributed by atoms with Gasteiger partial charge in [0.2, 0.25) is 0 Å². The first-order valence-corrected chi connectivity index (χ1v) is 7.11. The standard InChI is InChI=1S/C16H18N2O3/c19-15-7-8-18(10-13(15)16(20)21)9-12-6-5-11-3-1-2-4-14(11)17-12/h1-6,13,15,19H,7-10H2,(H,20,21)/t13-,15+/m1/s1. The van der Waals surface area contributed by atoms with E-state index in [4.69, 9.17) is 5.11 Å². The summed E-state index contributed by atoms with van der Waals surface area (Å²) in [4.78, 5) is 17.8. The number of carboxylic acids is 1. The van der Waals surface area contributed by atoms with E-state index >= 15 is 0 Å². The van der Waals surface area contributed by atoms with Gasteiger partial charge in [0.05, 0.1) is 23.2 Å². The number of likely N-dealkylation sites (tertiary alicyclic amines) is 1. The highest BCUT2D eigenvalue weighted by atomic mass is 16.4. The second-order valence-electron chi connectivity index (χ2n) is 5.53. The Morgan fingerprint density at radius 3 is 2.90 bits per heavy atom. The number of carbonyl (C=O) groups is 1. The Hall–Kier alpha value is -1.98. The molecular weight excluding hydrogens is 268 g/mol. The van der Waals surface area contributed by atoms with Crippen molar-refractivity contribution in [3.63, 3.8) is 0 Å². The summed E-state index contributed by atoms with van der Waals surface area (Å²) in [6.07, 6.45) is -0.256. The van der Waals surface area contributed by atoms with E-state index in [2.05, 4.69) is 4.98 Å². The normalized spacial score (nSPS) is 23.3. The van der Waals surface area contributed by atoms with Crippen LogP contribution >= 0.6 is 0 Å². The third-order valence-electron chi connectivity index (χ3n) is 4.02. The molecule has 0 saturated carbocycles. The molecule has 21 heavy (non-hydrogen) atoms. The maximum absolute atomic E-state index is 11.1. The minimum atomic E-state index is -0.932. The number of aliphatic hydroxyl groups excluding tert-OH is 1. The van der Waals surface area contributed by atoms with E-state index in [9.17, 15) is 9.90 Å². The number of aromatic nitrogens is 1. The molecule has 1 aliphatic heterocycles. The maximum atomic E-state index is 11.1. The number of aliphatic hydroxyl groups is 1. The van der Waals surface area contributed by atoms with E-state index in [1.807, 2.05) is 41.3 Å². The van der Waals surface area contributed by atoms with Gasteiger partial charge in [-0.25, -0.2) is 0 Å². The number of fused-ring (bicyclic) bond motifs is 1. The zero-order valence-electron chi connectivity index (χ0n) is 11.6. The molecule has 5 heteroatoms. The molecule has 1 aliphatic rings. The van der Waals surface area contributed by atoms with E-state index in [0.29, 0.717) is 26.1 Å². The van der Waals surface area contributed by atoms with Crippen LogP contribution in [0.3, 0.4) is 0 Å². The number of aliphatic carboxylic acids is 1. The number of nitrogens with zero attached hydrogens (tertiary/aromatic N) is 2. The number of para-hydroxylation sites is 1. The van der Waals surface area contributed by atoms with Gasteiger partial charge in [0, 0.05) is 25.0 Å². The Morgan fingerprint density at radius 2 is 2.10 bits per heavy atom. The number of piperidine rings is 1. The van der Waals surface area contributed by atoms with E-state index in [0.717, 1.165) is 16.6 Å². The molecular formula is C16H18N2O3. The lowest BCUT2D eigenvalue weighted by molar-refractivity contribution is -0.149. The van der Waals surface area contributed by atoms with Crippen LogP contribution in [0, 0.1) is 5.92 Å². The van der Waals surface area contributed by atoms with Crippen molar-refractivity contribution in [2.75, 3.05) is 13.1 Å². The molecule has 2 aromatic rings. The minimum Gasteiger partial charge on any atom is -0.481 e. The quantitative estimate of drug-likeness (QED) is 0.894. The number of hydrogen-bond donors (Lipinski definition) is 2. The van der Waals surface area contributed by atoms with Gasteiger partial charge in [-0.3, -0.25) is 14.7 Å². The van der Waals surface area contributed by atoms with Crippen molar-refractivity contribution in [2.24, 2.45) is 5.92 Å². The van der Waals surface area contributed by atoms with Crippen LogP contribution in [0.15, 0.2) is 36.4 Å². The van der Waals surface area contributed by atoms with Gasteiger partial charge in [-0.1, -0.05) is 24.3 Å². The van der Waals surface area contributed by atoms with Crippen molar-refractivity contribution in [2.45, 2.75) is 19.1 Å². The molecule has 0 radical (unpaired) electrons. The van der Waals surface area contributed by atoms with Gasteiger partial charge in [-0.05, 0) is 18.6 Å². The van der Waals surface area contributed by atoms with Gasteiger partial charge in [0.15, 0.2) is 0 Å². The molecule has 0 amide bonds. The summed E-state index contributed by atoms with van der Waals surface area (Å²) in [6.45, 7) is 1.67. The monoisotopic (exact) mass is 286 g/mol. The molecule has 0 aliphatic carbocycles. The van der Waals surface area contributed by atoms with Gasteiger partial charge in [0.1, 0.15) is 0 Å². The predicted octanol–water partition coefficient (Wildman–Crippen LogP) is 1.50. The van der Waals surface area contributed by atoms with Crippen LogP contribution in [0.2, 0.25) is 0 Å². The fraction of sp³-hybridized carbons (Fsp3) is 0.375. The van der Waals surface area contributed by atoms with Crippen LogP contribution in [0.25, 0.3) is 10.9 Å². The molecule has 2 atom stereocenters. The number of pyridine rings is 1. The van der Waals surface area contributed by atoms with Crippen LogP contribution in [0.1, 0.15) is 12.1 Å². The molecule has 2 N–H and O–H groups in total. The summed E-state index contributed by atoms with van der Waals surface area (Å²) in [5.41, 5.74) is 1.87. The molecule has 2 heterocycles. The Bertz CT molecular complexity index is 659. The lowest BCUT2D eigenvalue weighted by Gasteiger charge is -2.33. The Labute approximate surface area is 122 Å². The van der Waals surface area contributed by atoms with Crippen LogP contribution in [-0.2, 0) is 11.3 Å². The van der Waals surface area contributed by atoms with Crippen LogP contribution in [-0.4, -0.2) is 45.3 Å². The van der Waals surface area contributed by atoms with E-state index in [1.54, 1.807) is 0 Å². The third-order valence-corrected chi connectivity index (χ3v) is 4.02. The molecule has 3 rings (SSSR count). The predicted molar refractivity (Wildman–Crippen MR) is 78.8 cm³/mol. The molecule has 1 aromatic heterocycles. The number of carboxylic acid groups (broad SMARTS) is 1. The van der Waals surface area contributed by atoms with Crippen LogP contribution in [0.4, 0.5) is 0 Å². The fourth-order valence-corrected chi connectivity index (χ4v) is 2.82. The van der Waals surface area contributed by atoms with Crippen molar-refractivity contribution in [3.05, 3.63) is 42.1 Å². The van der Waals surface area contributed by atoms with Crippen molar-refractivity contribution in [1.29, 1.82) is 0 Å². The zero-order chi connectivity index (χ0) is 14.8. The smallest absolute Gasteiger partial charge is 0.310 e. The lowest BCUT2D eigenvalue weighted by Crippen LogP contribution is -2.46. The molecule has 0 spiro atoms. The second-order valence-corrected chi connectivity index (χ2v) is 5.53. The number of rotatable bonds is 3. The Kier molecular flexibility index (Phi) is 3.86. The Morgan fingerprint density at radius 1 is 1.29 bits per heavy atom. The summed E-state index contributed by atoms with van der Waals surface area (Å²) >= 11 is 0. The van der Waals surface area contributed by atoms with Gasteiger partial charge >= 0.3 is 5.97 Å². The summed E-state index contributed by atoms with van der Waals surface area (Å²) in [5.74, 6) is -1.64. The largest absolute Gasteiger partial charge is 0.481 e. The number of hydrogen-bond acceptors (Lipinski definition) is 4. The summed E-state index contributed by atoms with van der Waals surface area (Å²) in [7, 11) is 0. The lowest BCUT2D eigenvalue weighted by atomic mass is 9.95. The Balaban J connectivity index is 1.74. The molecule has 1 aromatic carbocycles.